The lowest BCUT2D eigenvalue weighted by Gasteiger charge is -2.32. The number of hydrogen-bond donors (Lipinski definition) is 2. The molecule has 0 radical (unpaired) electrons. The van der Waals surface area contributed by atoms with Crippen LogP contribution in [0.25, 0.3) is 0 Å². The SMILES string of the molecule is COc1cc(NC(=O)CSC2=C(C#N)C(c3ccc(C)o3)C3=C(CCCC3=O)N2)c(OC)cc1Cl. The average Bonchev–Trinajstić information content (AvgIpc) is 3.28. The number of ether oxygens (including phenoxy) is 2. The van der Waals surface area contributed by atoms with Gasteiger partial charge in [0.05, 0.1) is 53.3 Å². The molecule has 1 amide bonds. The summed E-state index contributed by atoms with van der Waals surface area (Å²) in [6, 6.07) is 9.00. The number of hydrogen-bond acceptors (Lipinski definition) is 8. The first kappa shape index (κ1) is 24.8. The van der Waals surface area contributed by atoms with Gasteiger partial charge in [-0.3, -0.25) is 9.59 Å². The number of Topliss-reactive ketones (excluding diaryl/α,β-unsaturated/α-hetero) is 1. The zero-order chi connectivity index (χ0) is 25.1. The Morgan fingerprint density at radius 2 is 2.06 bits per heavy atom. The number of rotatable bonds is 7. The molecule has 8 nitrogen and oxygen atoms in total. The van der Waals surface area contributed by atoms with Crippen molar-refractivity contribution in [2.24, 2.45) is 0 Å². The Kier molecular flexibility index (Phi) is 7.43. The van der Waals surface area contributed by atoms with Crippen molar-refractivity contribution in [1.29, 1.82) is 5.26 Å². The second kappa shape index (κ2) is 10.5. The standard InChI is InChI=1S/C25H24ClN3O5S/c1-13-7-8-19(34-13)23-14(11-27)25(29-16-5-4-6-18(30)24(16)23)35-12-22(31)28-17-10-20(32-2)15(26)9-21(17)33-3/h7-10,23,29H,4-6,12H2,1-3H3,(H,28,31). The van der Waals surface area contributed by atoms with Gasteiger partial charge in [0, 0.05) is 29.8 Å². The van der Waals surface area contributed by atoms with Crippen LogP contribution in [0.1, 0.15) is 36.7 Å². The van der Waals surface area contributed by atoms with Crippen molar-refractivity contribution in [3.05, 3.63) is 62.7 Å². The molecule has 0 spiro atoms. The van der Waals surface area contributed by atoms with Crippen LogP contribution in [0.2, 0.25) is 5.02 Å². The molecule has 1 aromatic heterocycles. The number of furan rings is 1. The Morgan fingerprint density at radius 1 is 1.29 bits per heavy atom. The van der Waals surface area contributed by atoms with Gasteiger partial charge in [-0.15, -0.1) is 0 Å². The van der Waals surface area contributed by atoms with E-state index in [0.29, 0.717) is 62.7 Å². The number of dihydropyridines is 1. The maximum absolute atomic E-state index is 12.8. The van der Waals surface area contributed by atoms with E-state index in [1.54, 1.807) is 18.2 Å². The number of carbonyl (C=O) groups is 2. The number of thioether (sulfide) groups is 1. The van der Waals surface area contributed by atoms with Crippen LogP contribution in [0.5, 0.6) is 11.5 Å². The lowest BCUT2D eigenvalue weighted by Crippen LogP contribution is -2.31. The van der Waals surface area contributed by atoms with E-state index in [2.05, 4.69) is 16.7 Å². The number of allylic oxidation sites excluding steroid dienone is 3. The number of nitrogens with one attached hydrogen (secondary N) is 2. The van der Waals surface area contributed by atoms with Crippen LogP contribution in [0.3, 0.4) is 0 Å². The van der Waals surface area contributed by atoms with Crippen molar-refractivity contribution >= 4 is 40.7 Å². The number of aryl methyl sites for hydroxylation is 1. The minimum absolute atomic E-state index is 0.0103. The molecule has 0 saturated carbocycles. The van der Waals surface area contributed by atoms with Gasteiger partial charge in [-0.1, -0.05) is 23.4 Å². The molecule has 0 fully saturated rings. The summed E-state index contributed by atoms with van der Waals surface area (Å²) < 4.78 is 16.4. The van der Waals surface area contributed by atoms with Crippen LogP contribution in [0, 0.1) is 18.3 Å². The summed E-state index contributed by atoms with van der Waals surface area (Å²) in [7, 11) is 2.96. The number of amides is 1. The molecule has 4 rings (SSSR count). The topological polar surface area (TPSA) is 114 Å². The second-order valence-corrected chi connectivity index (χ2v) is 9.45. The van der Waals surface area contributed by atoms with Crippen LogP contribution >= 0.6 is 23.4 Å². The molecule has 1 aliphatic heterocycles. The van der Waals surface area contributed by atoms with E-state index in [4.69, 9.17) is 25.5 Å². The molecule has 0 bridgehead atoms. The lowest BCUT2D eigenvalue weighted by molar-refractivity contribution is -0.116. The van der Waals surface area contributed by atoms with Crippen molar-refractivity contribution in [2.45, 2.75) is 32.1 Å². The molecule has 1 atom stereocenters. The summed E-state index contributed by atoms with van der Waals surface area (Å²) in [6.45, 7) is 1.82. The van der Waals surface area contributed by atoms with Crippen molar-refractivity contribution in [3.63, 3.8) is 0 Å². The van der Waals surface area contributed by atoms with Gasteiger partial charge in [-0.25, -0.2) is 0 Å². The normalized spacial score (nSPS) is 17.5. The summed E-state index contributed by atoms with van der Waals surface area (Å²) in [4.78, 5) is 25.6. The number of ketones is 1. The van der Waals surface area contributed by atoms with Crippen LogP contribution in [0.15, 0.2) is 50.6 Å². The van der Waals surface area contributed by atoms with Gasteiger partial charge in [-0.05, 0) is 31.9 Å². The summed E-state index contributed by atoms with van der Waals surface area (Å²) in [6.07, 6.45) is 1.85. The fraction of sp³-hybridized carbons (Fsp3) is 0.320. The van der Waals surface area contributed by atoms with E-state index >= 15 is 0 Å². The van der Waals surface area contributed by atoms with Gasteiger partial charge in [-0.2, -0.15) is 5.26 Å². The van der Waals surface area contributed by atoms with E-state index in [0.717, 1.165) is 12.1 Å². The molecule has 2 heterocycles. The number of halogens is 1. The summed E-state index contributed by atoms with van der Waals surface area (Å²) in [5.41, 5.74) is 2.13. The number of carbonyl (C=O) groups excluding carboxylic acids is 2. The molecule has 0 saturated heterocycles. The van der Waals surface area contributed by atoms with Gasteiger partial charge in [0.2, 0.25) is 5.91 Å². The monoisotopic (exact) mass is 513 g/mol. The maximum atomic E-state index is 12.8. The number of nitriles is 1. The van der Waals surface area contributed by atoms with E-state index in [1.807, 2.05) is 13.0 Å². The fourth-order valence-corrected chi connectivity index (χ4v) is 5.31. The number of nitrogens with zero attached hydrogens (tertiary/aromatic N) is 1. The van der Waals surface area contributed by atoms with Crippen molar-refractivity contribution in [3.8, 4) is 17.6 Å². The Morgan fingerprint density at radius 3 is 2.71 bits per heavy atom. The van der Waals surface area contributed by atoms with E-state index in [1.165, 1.54) is 26.0 Å². The highest BCUT2D eigenvalue weighted by Crippen LogP contribution is 2.44. The average molecular weight is 514 g/mol. The molecule has 182 valence electrons. The molecule has 35 heavy (non-hydrogen) atoms. The van der Waals surface area contributed by atoms with Crippen LogP contribution in [0.4, 0.5) is 5.69 Å². The predicted molar refractivity (Wildman–Crippen MR) is 133 cm³/mol. The van der Waals surface area contributed by atoms with Crippen LogP contribution in [-0.4, -0.2) is 31.7 Å². The first-order valence-corrected chi connectivity index (χ1v) is 12.3. The number of anilines is 1. The summed E-state index contributed by atoms with van der Waals surface area (Å²) in [5.74, 6) is 1.16. The molecule has 10 heteroatoms. The van der Waals surface area contributed by atoms with E-state index < -0.39 is 5.92 Å². The van der Waals surface area contributed by atoms with Crippen molar-refractivity contribution < 1.29 is 23.5 Å². The maximum Gasteiger partial charge on any atom is 0.234 e. The van der Waals surface area contributed by atoms with Gasteiger partial charge in [0.15, 0.2) is 5.78 Å². The van der Waals surface area contributed by atoms with E-state index in [-0.39, 0.29) is 17.4 Å². The van der Waals surface area contributed by atoms with Gasteiger partial charge >= 0.3 is 0 Å². The second-order valence-electron chi connectivity index (χ2n) is 8.05. The molecule has 1 aromatic carbocycles. The Labute approximate surface area is 212 Å². The summed E-state index contributed by atoms with van der Waals surface area (Å²) >= 11 is 7.34. The molecular formula is C25H24ClN3O5S. The Hall–Kier alpha value is -3.35. The molecule has 1 unspecified atom stereocenters. The number of benzene rings is 1. The number of methoxy groups -OCH3 is 2. The molecule has 1 aliphatic carbocycles. The third kappa shape index (κ3) is 5.04. The highest BCUT2D eigenvalue weighted by molar-refractivity contribution is 8.03. The third-order valence-corrected chi connectivity index (χ3v) is 7.12. The third-order valence-electron chi connectivity index (χ3n) is 5.80. The largest absolute Gasteiger partial charge is 0.495 e. The van der Waals surface area contributed by atoms with E-state index in [9.17, 15) is 14.9 Å². The van der Waals surface area contributed by atoms with Crippen LogP contribution in [-0.2, 0) is 9.59 Å². The van der Waals surface area contributed by atoms with Gasteiger partial charge in [0.25, 0.3) is 0 Å². The Balaban J connectivity index is 1.58. The lowest BCUT2D eigenvalue weighted by atomic mass is 9.79. The first-order chi connectivity index (χ1) is 16.9. The predicted octanol–water partition coefficient (Wildman–Crippen LogP) is 5.06. The fourth-order valence-electron chi connectivity index (χ4n) is 4.21. The van der Waals surface area contributed by atoms with Crippen LogP contribution < -0.4 is 20.1 Å². The zero-order valence-corrected chi connectivity index (χ0v) is 21.1. The van der Waals surface area contributed by atoms with Crippen molar-refractivity contribution in [2.75, 3.05) is 25.3 Å². The smallest absolute Gasteiger partial charge is 0.234 e. The quantitative estimate of drug-likeness (QED) is 0.528. The molecule has 2 aromatic rings. The highest BCUT2D eigenvalue weighted by atomic mass is 35.5. The minimum Gasteiger partial charge on any atom is -0.495 e. The van der Waals surface area contributed by atoms with Gasteiger partial charge < -0.3 is 24.5 Å². The zero-order valence-electron chi connectivity index (χ0n) is 19.5. The molecular weight excluding hydrogens is 490 g/mol. The summed E-state index contributed by atoms with van der Waals surface area (Å²) in [5, 5.41) is 17.0. The minimum atomic E-state index is -0.594. The van der Waals surface area contributed by atoms with Crippen molar-refractivity contribution in [1.82, 2.24) is 5.32 Å². The first-order valence-electron chi connectivity index (χ1n) is 10.9. The molecule has 2 N–H and O–H groups in total. The highest BCUT2D eigenvalue weighted by Gasteiger charge is 2.38. The Bertz CT molecular complexity index is 1290. The molecule has 2 aliphatic rings. The van der Waals surface area contributed by atoms with Gasteiger partial charge in [0.1, 0.15) is 23.0 Å².